The number of rotatable bonds is 4. The molecule has 0 fully saturated rings. The summed E-state index contributed by atoms with van der Waals surface area (Å²) in [6.45, 7) is 1.72. The number of thiazole rings is 1. The number of halogens is 3. The fourth-order valence-electron chi connectivity index (χ4n) is 2.05. The molecule has 1 aromatic carbocycles. The first kappa shape index (κ1) is 18.2. The number of aliphatic hydroxyl groups excluding tert-OH is 1. The van der Waals surface area contributed by atoms with Crippen LogP contribution in [0.1, 0.15) is 20.9 Å². The summed E-state index contributed by atoms with van der Waals surface area (Å²) >= 11 is 1.05. The fourth-order valence-corrected chi connectivity index (χ4v) is 3.15. The first-order chi connectivity index (χ1) is 11.3. The molecule has 9 heteroatoms. The van der Waals surface area contributed by atoms with Gasteiger partial charge in [-0.3, -0.25) is 0 Å². The summed E-state index contributed by atoms with van der Waals surface area (Å²) in [6, 6.07) is 4.38. The van der Waals surface area contributed by atoms with Gasteiger partial charge in [0.15, 0.2) is 4.80 Å². The largest absolute Gasteiger partial charge is 0.465 e. The molecule has 0 radical (unpaired) electrons. The predicted octanol–water partition coefficient (Wildman–Crippen LogP) is 2.89. The second-order valence-corrected chi connectivity index (χ2v) is 5.80. The van der Waals surface area contributed by atoms with E-state index in [0.29, 0.717) is 21.1 Å². The lowest BCUT2D eigenvalue weighted by Gasteiger charge is -2.06. The van der Waals surface area contributed by atoms with E-state index in [1.165, 1.54) is 19.2 Å². The Morgan fingerprint density at radius 3 is 2.46 bits per heavy atom. The van der Waals surface area contributed by atoms with Crippen LogP contribution in [0.25, 0.3) is 0 Å². The van der Waals surface area contributed by atoms with Crippen molar-refractivity contribution in [3.8, 4) is 0 Å². The maximum Gasteiger partial charge on any atom is 0.416 e. The van der Waals surface area contributed by atoms with Crippen LogP contribution in [0.15, 0.2) is 29.3 Å². The smallest absolute Gasteiger partial charge is 0.416 e. The molecule has 0 saturated heterocycles. The lowest BCUT2D eigenvalue weighted by Crippen LogP contribution is -2.18. The van der Waals surface area contributed by atoms with E-state index in [0.717, 1.165) is 23.5 Å². The fraction of sp³-hybridized carbons (Fsp3) is 0.333. The highest BCUT2D eigenvalue weighted by Gasteiger charge is 2.29. The average molecular weight is 360 g/mol. The molecule has 0 spiro atoms. The lowest BCUT2D eigenvalue weighted by molar-refractivity contribution is -0.137. The van der Waals surface area contributed by atoms with E-state index in [-0.39, 0.29) is 13.2 Å². The van der Waals surface area contributed by atoms with Crippen molar-refractivity contribution in [2.75, 3.05) is 13.7 Å². The van der Waals surface area contributed by atoms with Gasteiger partial charge in [-0.2, -0.15) is 13.2 Å². The Bertz CT molecular complexity index is 792. The molecule has 0 bridgehead atoms. The van der Waals surface area contributed by atoms with Crippen molar-refractivity contribution in [3.05, 3.63) is 45.2 Å². The van der Waals surface area contributed by atoms with Crippen molar-refractivity contribution in [3.63, 3.8) is 0 Å². The Morgan fingerprint density at radius 2 is 1.96 bits per heavy atom. The van der Waals surface area contributed by atoms with E-state index >= 15 is 0 Å². The molecule has 2 rings (SSSR count). The van der Waals surface area contributed by atoms with Gasteiger partial charge < -0.3 is 14.4 Å². The monoisotopic (exact) mass is 360 g/mol. The number of hydrogen-bond acceptors (Lipinski definition) is 5. The molecule has 24 heavy (non-hydrogen) atoms. The molecule has 0 unspecified atom stereocenters. The van der Waals surface area contributed by atoms with Crippen LogP contribution >= 0.6 is 11.3 Å². The molecular formula is C15H15F3N2O3S. The summed E-state index contributed by atoms with van der Waals surface area (Å²) in [5.41, 5.74) is 0.126. The maximum atomic E-state index is 12.6. The number of ether oxygens (including phenoxy) is 1. The number of benzene rings is 1. The number of esters is 1. The second-order valence-electron chi connectivity index (χ2n) is 4.82. The van der Waals surface area contributed by atoms with Gasteiger partial charge in [0.05, 0.1) is 25.0 Å². The molecule has 0 saturated carbocycles. The molecule has 0 aliphatic carbocycles. The number of alkyl halides is 3. The summed E-state index contributed by atoms with van der Waals surface area (Å²) in [5, 5.41) is 9.17. The highest BCUT2D eigenvalue weighted by atomic mass is 32.1. The molecule has 0 aliphatic rings. The summed E-state index contributed by atoms with van der Waals surface area (Å²) in [6.07, 6.45) is -4.41. The van der Waals surface area contributed by atoms with Crippen LogP contribution in [0, 0.1) is 6.92 Å². The van der Waals surface area contributed by atoms with Crippen molar-refractivity contribution in [1.29, 1.82) is 0 Å². The predicted molar refractivity (Wildman–Crippen MR) is 82.1 cm³/mol. The minimum atomic E-state index is -4.41. The van der Waals surface area contributed by atoms with Gasteiger partial charge in [0.1, 0.15) is 4.88 Å². The highest BCUT2D eigenvalue weighted by molar-refractivity contribution is 7.11. The number of methoxy groups -OCH3 is 1. The van der Waals surface area contributed by atoms with Gasteiger partial charge in [-0.1, -0.05) is 11.3 Å². The highest BCUT2D eigenvalue weighted by Crippen LogP contribution is 2.30. The third-order valence-electron chi connectivity index (χ3n) is 3.27. The number of carbonyl (C=O) groups excluding carboxylic acids is 1. The summed E-state index contributed by atoms with van der Waals surface area (Å²) in [5.74, 6) is -0.530. The Morgan fingerprint density at radius 1 is 1.33 bits per heavy atom. The Kier molecular flexibility index (Phi) is 5.45. The van der Waals surface area contributed by atoms with Crippen molar-refractivity contribution in [2.45, 2.75) is 19.6 Å². The first-order valence-electron chi connectivity index (χ1n) is 6.89. The SMILES string of the molecule is COC(=O)c1s/c(=N\c2ccc(C(F)(F)F)cc2)n(CCO)c1C. The van der Waals surface area contributed by atoms with Crippen molar-refractivity contribution < 1.29 is 27.8 Å². The molecular weight excluding hydrogens is 345 g/mol. The standard InChI is InChI=1S/C15H15F3N2O3S/c1-9-12(13(22)23-2)24-14(20(9)7-8-21)19-11-5-3-10(4-6-11)15(16,17)18/h3-6,21H,7-8H2,1-2H3/b19-14-. The van der Waals surface area contributed by atoms with Crippen LogP contribution < -0.4 is 4.80 Å². The summed E-state index contributed by atoms with van der Waals surface area (Å²) < 4.78 is 44.1. The Balaban J connectivity index is 2.50. The normalized spacial score (nSPS) is 12.5. The van der Waals surface area contributed by atoms with Gasteiger partial charge in [-0.05, 0) is 31.2 Å². The quantitative estimate of drug-likeness (QED) is 0.853. The van der Waals surface area contributed by atoms with Crippen LogP contribution in [0.5, 0.6) is 0 Å². The van der Waals surface area contributed by atoms with Crippen LogP contribution in [0.4, 0.5) is 18.9 Å². The van der Waals surface area contributed by atoms with Crippen molar-refractivity contribution in [1.82, 2.24) is 4.57 Å². The molecule has 0 atom stereocenters. The molecule has 1 aromatic heterocycles. The molecule has 2 aromatic rings. The molecule has 0 amide bonds. The van der Waals surface area contributed by atoms with Gasteiger partial charge in [0.2, 0.25) is 0 Å². The molecule has 130 valence electrons. The van der Waals surface area contributed by atoms with Crippen LogP contribution in [0.3, 0.4) is 0 Å². The Hall–Kier alpha value is -2.13. The number of carbonyl (C=O) groups is 1. The zero-order valence-electron chi connectivity index (χ0n) is 12.9. The van der Waals surface area contributed by atoms with E-state index in [1.807, 2.05) is 0 Å². The topological polar surface area (TPSA) is 63.8 Å². The van der Waals surface area contributed by atoms with Gasteiger partial charge in [0, 0.05) is 12.2 Å². The minimum absolute atomic E-state index is 0.168. The zero-order valence-corrected chi connectivity index (χ0v) is 13.7. The van der Waals surface area contributed by atoms with E-state index in [2.05, 4.69) is 4.99 Å². The lowest BCUT2D eigenvalue weighted by atomic mass is 10.2. The number of nitrogens with zero attached hydrogens (tertiary/aromatic N) is 2. The van der Waals surface area contributed by atoms with Crippen LogP contribution in [-0.2, 0) is 17.5 Å². The first-order valence-corrected chi connectivity index (χ1v) is 7.71. The minimum Gasteiger partial charge on any atom is -0.465 e. The molecule has 1 heterocycles. The second kappa shape index (κ2) is 7.18. The van der Waals surface area contributed by atoms with Gasteiger partial charge in [-0.25, -0.2) is 9.79 Å². The third kappa shape index (κ3) is 3.85. The number of aliphatic hydroxyl groups is 1. The number of aromatic nitrogens is 1. The van der Waals surface area contributed by atoms with Crippen molar-refractivity contribution in [2.24, 2.45) is 4.99 Å². The van der Waals surface area contributed by atoms with Crippen LogP contribution in [-0.4, -0.2) is 29.4 Å². The van der Waals surface area contributed by atoms with E-state index in [4.69, 9.17) is 9.84 Å². The van der Waals surface area contributed by atoms with Crippen molar-refractivity contribution >= 4 is 23.0 Å². The number of hydrogen-bond donors (Lipinski definition) is 1. The molecule has 5 nitrogen and oxygen atoms in total. The van der Waals surface area contributed by atoms with E-state index < -0.39 is 17.7 Å². The van der Waals surface area contributed by atoms with Crippen LogP contribution in [0.2, 0.25) is 0 Å². The molecule has 0 aliphatic heterocycles. The summed E-state index contributed by atoms with van der Waals surface area (Å²) in [7, 11) is 1.25. The maximum absolute atomic E-state index is 12.6. The average Bonchev–Trinajstić information content (AvgIpc) is 2.83. The van der Waals surface area contributed by atoms with Gasteiger partial charge >= 0.3 is 12.1 Å². The zero-order chi connectivity index (χ0) is 17.9. The Labute approximate surface area is 139 Å². The summed E-state index contributed by atoms with van der Waals surface area (Å²) in [4.78, 5) is 16.8. The van der Waals surface area contributed by atoms with Gasteiger partial charge in [-0.15, -0.1) is 0 Å². The van der Waals surface area contributed by atoms with E-state index in [9.17, 15) is 18.0 Å². The van der Waals surface area contributed by atoms with Gasteiger partial charge in [0.25, 0.3) is 0 Å². The molecule has 1 N–H and O–H groups in total. The third-order valence-corrected chi connectivity index (χ3v) is 4.43. The van der Waals surface area contributed by atoms with E-state index in [1.54, 1.807) is 11.5 Å².